The predicted molar refractivity (Wildman–Crippen MR) is 45.7 cm³/mol. The highest BCUT2D eigenvalue weighted by Gasteiger charge is 2.27. The standard InChI is InChI=1S/C9H9NO3/c11-8-3-1-2-6-4-5-7(9(12)13)10(6)8/h1-3,7H,4-5H2,(H,12,13). The lowest BCUT2D eigenvalue weighted by Gasteiger charge is -2.08. The Balaban J connectivity index is 2.58. The van der Waals surface area contributed by atoms with Crippen LogP contribution in [0.25, 0.3) is 0 Å². The van der Waals surface area contributed by atoms with Crippen LogP contribution in [-0.4, -0.2) is 15.6 Å². The molecule has 0 saturated carbocycles. The van der Waals surface area contributed by atoms with Gasteiger partial charge in [0, 0.05) is 11.8 Å². The highest BCUT2D eigenvalue weighted by atomic mass is 16.4. The number of carboxylic acids is 1. The number of fused-ring (bicyclic) bond motifs is 1. The van der Waals surface area contributed by atoms with Crippen LogP contribution in [0.2, 0.25) is 0 Å². The molecule has 0 aliphatic carbocycles. The van der Waals surface area contributed by atoms with Gasteiger partial charge in [-0.2, -0.15) is 0 Å². The zero-order valence-corrected chi connectivity index (χ0v) is 6.93. The number of carboxylic acid groups (broad SMARTS) is 1. The van der Waals surface area contributed by atoms with Gasteiger partial charge in [0.1, 0.15) is 6.04 Å². The number of nitrogens with zero attached hydrogens (tertiary/aromatic N) is 1. The summed E-state index contributed by atoms with van der Waals surface area (Å²) in [5.41, 5.74) is 0.599. The van der Waals surface area contributed by atoms with Gasteiger partial charge in [-0.15, -0.1) is 0 Å². The summed E-state index contributed by atoms with van der Waals surface area (Å²) >= 11 is 0. The zero-order valence-electron chi connectivity index (χ0n) is 6.93. The van der Waals surface area contributed by atoms with Gasteiger partial charge in [-0.1, -0.05) is 6.07 Å². The van der Waals surface area contributed by atoms with Gasteiger partial charge in [0.25, 0.3) is 5.56 Å². The molecule has 4 nitrogen and oxygen atoms in total. The first-order chi connectivity index (χ1) is 6.20. The van der Waals surface area contributed by atoms with Crippen molar-refractivity contribution in [3.05, 3.63) is 34.2 Å². The zero-order chi connectivity index (χ0) is 9.42. The molecule has 2 rings (SSSR count). The van der Waals surface area contributed by atoms with Crippen LogP contribution < -0.4 is 5.56 Å². The summed E-state index contributed by atoms with van der Waals surface area (Å²) in [5, 5.41) is 8.82. The molecule has 0 aromatic carbocycles. The van der Waals surface area contributed by atoms with Crippen LogP contribution in [0, 0.1) is 0 Å². The third-order valence-electron chi connectivity index (χ3n) is 2.34. The lowest BCUT2D eigenvalue weighted by atomic mass is 10.2. The van der Waals surface area contributed by atoms with Gasteiger partial charge in [0.2, 0.25) is 0 Å². The van der Waals surface area contributed by atoms with Crippen LogP contribution in [0.5, 0.6) is 0 Å². The molecule has 13 heavy (non-hydrogen) atoms. The minimum Gasteiger partial charge on any atom is -0.480 e. The first-order valence-corrected chi connectivity index (χ1v) is 4.13. The number of aryl methyl sites for hydroxylation is 1. The first kappa shape index (κ1) is 8.04. The van der Waals surface area contributed by atoms with E-state index in [1.54, 1.807) is 12.1 Å². The van der Waals surface area contributed by atoms with Gasteiger partial charge in [-0.05, 0) is 18.9 Å². The van der Waals surface area contributed by atoms with Crippen molar-refractivity contribution in [1.82, 2.24) is 4.57 Å². The fourth-order valence-corrected chi connectivity index (χ4v) is 1.75. The Hall–Kier alpha value is -1.58. The second-order valence-electron chi connectivity index (χ2n) is 3.12. The summed E-state index contributed by atoms with van der Waals surface area (Å²) in [7, 11) is 0. The van der Waals surface area contributed by atoms with Crippen molar-refractivity contribution in [3.8, 4) is 0 Å². The highest BCUT2D eigenvalue weighted by Crippen LogP contribution is 2.22. The first-order valence-electron chi connectivity index (χ1n) is 4.13. The van der Waals surface area contributed by atoms with Crippen molar-refractivity contribution < 1.29 is 9.90 Å². The molecule has 1 atom stereocenters. The molecular formula is C9H9NO3. The molecule has 1 aromatic heterocycles. The Bertz CT molecular complexity index is 408. The lowest BCUT2D eigenvalue weighted by molar-refractivity contribution is -0.140. The average Bonchev–Trinajstić information content (AvgIpc) is 2.49. The van der Waals surface area contributed by atoms with Gasteiger partial charge in [-0.25, -0.2) is 4.79 Å². The normalized spacial score (nSPS) is 19.8. The van der Waals surface area contributed by atoms with Crippen LogP contribution in [-0.2, 0) is 11.2 Å². The van der Waals surface area contributed by atoms with E-state index in [9.17, 15) is 9.59 Å². The molecule has 0 saturated heterocycles. The second kappa shape index (κ2) is 2.73. The van der Waals surface area contributed by atoms with Crippen molar-refractivity contribution in [2.45, 2.75) is 18.9 Å². The van der Waals surface area contributed by atoms with Crippen molar-refractivity contribution in [3.63, 3.8) is 0 Å². The summed E-state index contributed by atoms with van der Waals surface area (Å²) in [6, 6.07) is 4.19. The fourth-order valence-electron chi connectivity index (χ4n) is 1.75. The molecule has 1 aliphatic rings. The summed E-state index contributed by atoms with van der Waals surface area (Å²) in [6.07, 6.45) is 1.20. The Morgan fingerprint density at radius 3 is 3.00 bits per heavy atom. The van der Waals surface area contributed by atoms with Crippen LogP contribution in [0.3, 0.4) is 0 Å². The van der Waals surface area contributed by atoms with Gasteiger partial charge in [0.15, 0.2) is 0 Å². The second-order valence-corrected chi connectivity index (χ2v) is 3.12. The Morgan fingerprint density at radius 2 is 2.31 bits per heavy atom. The number of carbonyl (C=O) groups is 1. The van der Waals surface area contributed by atoms with Crippen molar-refractivity contribution in [2.24, 2.45) is 0 Å². The molecule has 0 spiro atoms. The van der Waals surface area contributed by atoms with E-state index in [2.05, 4.69) is 0 Å². The summed E-state index contributed by atoms with van der Waals surface area (Å²) in [5.74, 6) is -0.924. The van der Waals surface area contributed by atoms with E-state index in [1.165, 1.54) is 10.6 Å². The molecule has 1 unspecified atom stereocenters. The van der Waals surface area contributed by atoms with Crippen LogP contribution in [0.15, 0.2) is 23.0 Å². The maximum atomic E-state index is 11.3. The minimum absolute atomic E-state index is 0.220. The number of aromatic nitrogens is 1. The van der Waals surface area contributed by atoms with Crippen LogP contribution >= 0.6 is 0 Å². The topological polar surface area (TPSA) is 59.3 Å². The summed E-state index contributed by atoms with van der Waals surface area (Å²) in [6.45, 7) is 0. The number of aliphatic carboxylic acids is 1. The predicted octanol–water partition coefficient (Wildman–Crippen LogP) is 0.420. The van der Waals surface area contributed by atoms with Gasteiger partial charge in [0.05, 0.1) is 0 Å². The Kier molecular flexibility index (Phi) is 1.69. The van der Waals surface area contributed by atoms with Gasteiger partial charge < -0.3 is 5.11 Å². The maximum absolute atomic E-state index is 11.3. The highest BCUT2D eigenvalue weighted by molar-refractivity contribution is 5.72. The summed E-state index contributed by atoms with van der Waals surface area (Å²) in [4.78, 5) is 22.1. The molecule has 0 bridgehead atoms. The quantitative estimate of drug-likeness (QED) is 0.679. The average molecular weight is 179 g/mol. The molecule has 0 radical (unpaired) electrons. The number of pyridine rings is 1. The molecular weight excluding hydrogens is 170 g/mol. The van der Waals surface area contributed by atoms with Crippen LogP contribution in [0.4, 0.5) is 0 Å². The number of rotatable bonds is 1. The van der Waals surface area contributed by atoms with E-state index in [0.717, 1.165) is 5.69 Å². The molecule has 0 fully saturated rings. The smallest absolute Gasteiger partial charge is 0.326 e. The SMILES string of the molecule is O=C(O)C1CCc2cccc(=O)n21. The van der Waals surface area contributed by atoms with E-state index in [0.29, 0.717) is 12.8 Å². The molecule has 1 N–H and O–H groups in total. The van der Waals surface area contributed by atoms with Crippen molar-refractivity contribution in [2.75, 3.05) is 0 Å². The van der Waals surface area contributed by atoms with E-state index >= 15 is 0 Å². The van der Waals surface area contributed by atoms with Crippen molar-refractivity contribution in [1.29, 1.82) is 0 Å². The number of hydrogen-bond acceptors (Lipinski definition) is 2. The largest absolute Gasteiger partial charge is 0.480 e. The molecule has 4 heteroatoms. The van der Waals surface area contributed by atoms with E-state index in [-0.39, 0.29) is 5.56 Å². The van der Waals surface area contributed by atoms with E-state index < -0.39 is 12.0 Å². The third-order valence-corrected chi connectivity index (χ3v) is 2.34. The molecule has 2 heterocycles. The Labute approximate surface area is 74.4 Å². The van der Waals surface area contributed by atoms with Crippen molar-refractivity contribution >= 4 is 5.97 Å². The van der Waals surface area contributed by atoms with Gasteiger partial charge >= 0.3 is 5.97 Å². The fraction of sp³-hybridized carbons (Fsp3) is 0.333. The lowest BCUT2D eigenvalue weighted by Crippen LogP contribution is -2.26. The minimum atomic E-state index is -0.924. The Morgan fingerprint density at radius 1 is 1.54 bits per heavy atom. The van der Waals surface area contributed by atoms with E-state index in [4.69, 9.17) is 5.11 Å². The number of hydrogen-bond donors (Lipinski definition) is 1. The molecule has 1 aliphatic heterocycles. The van der Waals surface area contributed by atoms with Crippen LogP contribution in [0.1, 0.15) is 18.2 Å². The molecule has 0 amide bonds. The van der Waals surface area contributed by atoms with E-state index in [1.807, 2.05) is 0 Å². The summed E-state index contributed by atoms with van der Waals surface area (Å²) < 4.78 is 1.36. The monoisotopic (exact) mass is 179 g/mol. The van der Waals surface area contributed by atoms with Gasteiger partial charge in [-0.3, -0.25) is 9.36 Å². The molecule has 1 aromatic rings. The third kappa shape index (κ3) is 1.14. The maximum Gasteiger partial charge on any atom is 0.326 e. The molecule has 68 valence electrons.